The minimum atomic E-state index is -0.141. The van der Waals surface area contributed by atoms with Gasteiger partial charge in [0.1, 0.15) is 5.82 Å². The van der Waals surface area contributed by atoms with Gasteiger partial charge >= 0.3 is 0 Å². The normalized spacial score (nSPS) is 22.3. The third kappa shape index (κ3) is 3.09. The highest BCUT2D eigenvalue weighted by Crippen LogP contribution is 2.29. The largest absolute Gasteiger partial charge is 0.310 e. The van der Waals surface area contributed by atoms with Crippen LogP contribution in [0.25, 0.3) is 0 Å². The molecule has 2 nitrogen and oxygen atoms in total. The van der Waals surface area contributed by atoms with Gasteiger partial charge < -0.3 is 10.2 Å². The molecule has 2 fully saturated rings. The van der Waals surface area contributed by atoms with Crippen LogP contribution in [0.3, 0.4) is 0 Å². The Hall–Kier alpha value is -0.930. The summed E-state index contributed by atoms with van der Waals surface area (Å²) in [7, 11) is 0. The number of nitrogens with one attached hydrogen (secondary N) is 1. The van der Waals surface area contributed by atoms with E-state index in [4.69, 9.17) is 0 Å². The van der Waals surface area contributed by atoms with Crippen molar-refractivity contribution in [1.29, 1.82) is 0 Å². The van der Waals surface area contributed by atoms with E-state index in [2.05, 4.69) is 10.2 Å². The Kier molecular flexibility index (Phi) is 3.62. The lowest BCUT2D eigenvalue weighted by atomic mass is 10.0. The van der Waals surface area contributed by atoms with Crippen LogP contribution >= 0.6 is 0 Å². The molecule has 0 unspecified atom stereocenters. The molecule has 18 heavy (non-hydrogen) atoms. The second-order valence-corrected chi connectivity index (χ2v) is 5.55. The number of hydrogen-bond acceptors (Lipinski definition) is 2. The minimum absolute atomic E-state index is 0.141. The summed E-state index contributed by atoms with van der Waals surface area (Å²) in [6.45, 7) is 3.24. The van der Waals surface area contributed by atoms with E-state index in [1.165, 1.54) is 44.8 Å². The lowest BCUT2D eigenvalue weighted by Gasteiger charge is -2.32. The van der Waals surface area contributed by atoms with Crippen molar-refractivity contribution in [2.75, 3.05) is 13.1 Å². The molecular formula is C15H21FN2. The van der Waals surface area contributed by atoms with E-state index in [9.17, 15) is 4.39 Å². The molecule has 0 radical (unpaired) electrons. The predicted octanol–water partition coefficient (Wildman–Crippen LogP) is 2.54. The smallest absolute Gasteiger partial charge is 0.123 e. The van der Waals surface area contributed by atoms with Crippen molar-refractivity contribution in [3.63, 3.8) is 0 Å². The van der Waals surface area contributed by atoms with Crippen LogP contribution in [-0.4, -0.2) is 30.1 Å². The molecule has 98 valence electrons. The standard InChI is InChI=1S/C15H21FN2/c16-13-3-1-2-12(10-13)11-17-14-6-8-18(9-7-14)15-4-5-15/h1-3,10,14-15,17H,4-9,11H2. The minimum Gasteiger partial charge on any atom is -0.310 e. The Morgan fingerprint density at radius 3 is 2.61 bits per heavy atom. The molecule has 1 aliphatic heterocycles. The molecule has 0 bridgehead atoms. The molecule has 1 heterocycles. The van der Waals surface area contributed by atoms with Gasteiger partial charge in [0.15, 0.2) is 0 Å². The number of piperidine rings is 1. The SMILES string of the molecule is Fc1cccc(CNC2CCN(C3CC3)CC2)c1. The summed E-state index contributed by atoms with van der Waals surface area (Å²) in [5, 5.41) is 3.55. The van der Waals surface area contributed by atoms with Gasteiger partial charge in [0.25, 0.3) is 0 Å². The average molecular weight is 248 g/mol. The van der Waals surface area contributed by atoms with Crippen LogP contribution in [0.15, 0.2) is 24.3 Å². The van der Waals surface area contributed by atoms with Crippen LogP contribution in [0, 0.1) is 5.82 Å². The van der Waals surface area contributed by atoms with Crippen LogP contribution in [0.1, 0.15) is 31.2 Å². The fourth-order valence-electron chi connectivity index (χ4n) is 2.82. The fraction of sp³-hybridized carbons (Fsp3) is 0.600. The summed E-state index contributed by atoms with van der Waals surface area (Å²) in [6, 6.07) is 8.37. The fourth-order valence-corrected chi connectivity index (χ4v) is 2.82. The lowest BCUT2D eigenvalue weighted by molar-refractivity contribution is 0.189. The molecule has 3 heteroatoms. The third-order valence-corrected chi connectivity index (χ3v) is 4.08. The van der Waals surface area contributed by atoms with Crippen LogP contribution in [0.4, 0.5) is 4.39 Å². The van der Waals surface area contributed by atoms with Crippen LogP contribution in [-0.2, 0) is 6.54 Å². The van der Waals surface area contributed by atoms with Crippen molar-refractivity contribution >= 4 is 0 Å². The van der Waals surface area contributed by atoms with Crippen molar-refractivity contribution in [3.8, 4) is 0 Å². The molecule has 1 saturated carbocycles. The molecular weight excluding hydrogens is 227 g/mol. The highest BCUT2D eigenvalue weighted by atomic mass is 19.1. The molecule has 1 N–H and O–H groups in total. The number of nitrogens with zero attached hydrogens (tertiary/aromatic N) is 1. The van der Waals surface area contributed by atoms with Gasteiger partial charge in [-0.25, -0.2) is 4.39 Å². The van der Waals surface area contributed by atoms with E-state index in [1.54, 1.807) is 12.1 Å². The average Bonchev–Trinajstić information content (AvgIpc) is 3.21. The number of benzene rings is 1. The lowest BCUT2D eigenvalue weighted by Crippen LogP contribution is -2.43. The van der Waals surface area contributed by atoms with Gasteiger partial charge in [0, 0.05) is 18.6 Å². The first-order chi connectivity index (χ1) is 8.81. The Bertz CT molecular complexity index is 395. The Balaban J connectivity index is 1.43. The second kappa shape index (κ2) is 5.37. The zero-order valence-corrected chi connectivity index (χ0v) is 10.7. The predicted molar refractivity (Wildman–Crippen MR) is 70.9 cm³/mol. The van der Waals surface area contributed by atoms with Crippen molar-refractivity contribution in [2.24, 2.45) is 0 Å². The molecule has 1 saturated heterocycles. The van der Waals surface area contributed by atoms with E-state index in [0.29, 0.717) is 6.04 Å². The summed E-state index contributed by atoms with van der Waals surface area (Å²) in [5.41, 5.74) is 1.04. The molecule has 1 aliphatic carbocycles. The van der Waals surface area contributed by atoms with Crippen LogP contribution < -0.4 is 5.32 Å². The number of rotatable bonds is 4. The summed E-state index contributed by atoms with van der Waals surface area (Å²) in [6.07, 6.45) is 5.26. The van der Waals surface area contributed by atoms with Crippen molar-refractivity contribution < 1.29 is 4.39 Å². The van der Waals surface area contributed by atoms with Gasteiger partial charge in [-0.15, -0.1) is 0 Å². The van der Waals surface area contributed by atoms with Gasteiger partial charge in [-0.1, -0.05) is 12.1 Å². The highest BCUT2D eigenvalue weighted by Gasteiger charge is 2.31. The van der Waals surface area contributed by atoms with Crippen molar-refractivity contribution in [1.82, 2.24) is 10.2 Å². The second-order valence-electron chi connectivity index (χ2n) is 5.55. The first-order valence-corrected chi connectivity index (χ1v) is 7.03. The Morgan fingerprint density at radius 1 is 1.17 bits per heavy atom. The molecule has 0 atom stereocenters. The molecule has 0 aromatic heterocycles. The first-order valence-electron chi connectivity index (χ1n) is 7.03. The van der Waals surface area contributed by atoms with Gasteiger partial charge in [-0.2, -0.15) is 0 Å². The monoisotopic (exact) mass is 248 g/mol. The van der Waals surface area contributed by atoms with Gasteiger partial charge in [0.05, 0.1) is 0 Å². The summed E-state index contributed by atoms with van der Waals surface area (Å²) >= 11 is 0. The zero-order valence-electron chi connectivity index (χ0n) is 10.7. The highest BCUT2D eigenvalue weighted by molar-refractivity contribution is 5.16. The van der Waals surface area contributed by atoms with E-state index in [-0.39, 0.29) is 5.82 Å². The van der Waals surface area contributed by atoms with Crippen LogP contribution in [0.5, 0.6) is 0 Å². The summed E-state index contributed by atoms with van der Waals surface area (Å²) in [5.74, 6) is -0.141. The molecule has 2 aliphatic rings. The number of hydrogen-bond donors (Lipinski definition) is 1. The third-order valence-electron chi connectivity index (χ3n) is 4.08. The molecule has 0 spiro atoms. The Morgan fingerprint density at radius 2 is 1.94 bits per heavy atom. The van der Waals surface area contributed by atoms with E-state index < -0.39 is 0 Å². The van der Waals surface area contributed by atoms with E-state index in [0.717, 1.165) is 18.2 Å². The van der Waals surface area contributed by atoms with Crippen LogP contribution in [0.2, 0.25) is 0 Å². The van der Waals surface area contributed by atoms with Gasteiger partial charge in [0.2, 0.25) is 0 Å². The molecule has 1 aromatic rings. The van der Waals surface area contributed by atoms with E-state index in [1.807, 2.05) is 6.07 Å². The van der Waals surface area contributed by atoms with Gasteiger partial charge in [-0.05, 0) is 56.5 Å². The van der Waals surface area contributed by atoms with Crippen molar-refractivity contribution in [2.45, 2.75) is 44.3 Å². The quantitative estimate of drug-likeness (QED) is 0.881. The van der Waals surface area contributed by atoms with E-state index >= 15 is 0 Å². The molecule has 1 aromatic carbocycles. The maximum Gasteiger partial charge on any atom is 0.123 e. The van der Waals surface area contributed by atoms with Crippen molar-refractivity contribution in [3.05, 3.63) is 35.6 Å². The molecule has 0 amide bonds. The Labute approximate surface area is 108 Å². The van der Waals surface area contributed by atoms with Gasteiger partial charge in [-0.3, -0.25) is 0 Å². The first kappa shape index (κ1) is 12.1. The number of halogens is 1. The zero-order chi connectivity index (χ0) is 12.4. The maximum atomic E-state index is 13.0. The maximum absolute atomic E-state index is 13.0. The summed E-state index contributed by atoms with van der Waals surface area (Å²) in [4.78, 5) is 2.63. The molecule has 3 rings (SSSR count). The number of likely N-dealkylation sites (tertiary alicyclic amines) is 1. The summed E-state index contributed by atoms with van der Waals surface area (Å²) < 4.78 is 13.0. The topological polar surface area (TPSA) is 15.3 Å².